The molecule has 1 unspecified atom stereocenters. The first-order valence-corrected chi connectivity index (χ1v) is 17.4. The first-order chi connectivity index (χ1) is 25.5. The molecule has 5 heterocycles. The molecule has 2 fully saturated rings. The highest BCUT2D eigenvalue weighted by molar-refractivity contribution is 6.33. The lowest BCUT2D eigenvalue weighted by Crippen LogP contribution is -2.54. The van der Waals surface area contributed by atoms with Gasteiger partial charge in [-0.3, -0.25) is 39.0 Å². The van der Waals surface area contributed by atoms with Crippen LogP contribution in [0.25, 0.3) is 10.9 Å². The van der Waals surface area contributed by atoms with Crippen molar-refractivity contribution >= 4 is 69.5 Å². The van der Waals surface area contributed by atoms with Gasteiger partial charge >= 0.3 is 0 Å². The van der Waals surface area contributed by atoms with Crippen LogP contribution in [0.15, 0.2) is 53.5 Å². The number of pyridine rings is 1. The van der Waals surface area contributed by atoms with E-state index in [2.05, 4.69) is 20.9 Å². The van der Waals surface area contributed by atoms with Crippen LogP contribution in [0, 0.1) is 5.92 Å². The van der Waals surface area contributed by atoms with Crippen molar-refractivity contribution in [2.75, 3.05) is 43.6 Å². The van der Waals surface area contributed by atoms with Gasteiger partial charge in [-0.2, -0.15) is 4.98 Å². The van der Waals surface area contributed by atoms with Gasteiger partial charge < -0.3 is 29.6 Å². The predicted molar refractivity (Wildman–Crippen MR) is 193 cm³/mol. The molecule has 0 radical (unpaired) electrons. The Morgan fingerprint density at radius 2 is 1.87 bits per heavy atom. The Balaban J connectivity index is 1.03. The van der Waals surface area contributed by atoms with E-state index in [-0.39, 0.29) is 66.1 Å². The minimum Gasteiger partial charge on any atom is -0.492 e. The van der Waals surface area contributed by atoms with Gasteiger partial charge in [-0.15, -0.1) is 0 Å². The quantitative estimate of drug-likeness (QED) is 0.201. The standard InChI is InChI=1S/C36H35ClN8O8/c1-38-29(47)18-53-27-14-20-13-21(8-9-24(20)43(2)34(27)50)40-31-23(37)15-39-36(42-31)44-12-4-5-19(16-44)17-52-26-7-3-6-22-30(26)35(51)45(33(22)49)25-10-11-28(46)41-32(25)48/h3,6-9,13-15,19,25H,4-5,10-12,16-18H2,1-2H3,(H,38,47)(H,39,40,42)(H,41,46,48)/t19-,25?/m0/s1. The minimum atomic E-state index is -1.07. The number of amides is 5. The summed E-state index contributed by atoms with van der Waals surface area (Å²) in [7, 11) is 3.11. The Bertz CT molecular complexity index is 2240. The number of rotatable bonds is 10. The van der Waals surface area contributed by atoms with Crippen molar-refractivity contribution in [3.8, 4) is 11.5 Å². The van der Waals surface area contributed by atoms with Gasteiger partial charge in [0.15, 0.2) is 18.2 Å². The average molecular weight is 743 g/mol. The molecule has 0 bridgehead atoms. The van der Waals surface area contributed by atoms with Crippen molar-refractivity contribution in [1.29, 1.82) is 0 Å². The molecule has 0 spiro atoms. The zero-order valence-corrected chi connectivity index (χ0v) is 29.6. The first-order valence-electron chi connectivity index (χ1n) is 17.0. The van der Waals surface area contributed by atoms with Crippen molar-refractivity contribution in [1.82, 2.24) is 30.1 Å². The average Bonchev–Trinajstić information content (AvgIpc) is 3.41. The second-order valence-electron chi connectivity index (χ2n) is 13.0. The summed E-state index contributed by atoms with van der Waals surface area (Å²) in [5, 5.41) is 8.89. The lowest BCUT2D eigenvalue weighted by molar-refractivity contribution is -0.136. The zero-order valence-electron chi connectivity index (χ0n) is 28.8. The molecular weight excluding hydrogens is 708 g/mol. The van der Waals surface area contributed by atoms with E-state index in [1.165, 1.54) is 23.9 Å². The van der Waals surface area contributed by atoms with E-state index in [1.54, 1.807) is 37.4 Å². The third-order valence-corrected chi connectivity index (χ3v) is 9.81. The third kappa shape index (κ3) is 6.96. The molecule has 3 N–H and O–H groups in total. The summed E-state index contributed by atoms with van der Waals surface area (Å²) in [5.74, 6) is -1.54. The number of halogens is 1. The minimum absolute atomic E-state index is 0.0284. The number of carbonyl (C=O) groups is 5. The van der Waals surface area contributed by atoms with Crippen LogP contribution in [0.3, 0.4) is 0 Å². The van der Waals surface area contributed by atoms with Crippen LogP contribution >= 0.6 is 11.6 Å². The van der Waals surface area contributed by atoms with Gasteiger partial charge in [-0.1, -0.05) is 17.7 Å². The Labute approximate surface area is 307 Å². The number of anilines is 3. The Morgan fingerprint density at radius 1 is 1.04 bits per heavy atom. The zero-order chi connectivity index (χ0) is 37.4. The monoisotopic (exact) mass is 742 g/mol. The molecule has 5 amide bonds. The Morgan fingerprint density at radius 3 is 2.66 bits per heavy atom. The maximum absolute atomic E-state index is 13.5. The van der Waals surface area contributed by atoms with Crippen LogP contribution < -0.4 is 35.9 Å². The number of nitrogens with one attached hydrogen (secondary N) is 3. The molecule has 0 saturated carbocycles. The number of hydrogen-bond acceptors (Lipinski definition) is 12. The van der Waals surface area contributed by atoms with Crippen LogP contribution in [0.5, 0.6) is 11.5 Å². The van der Waals surface area contributed by atoms with E-state index >= 15 is 0 Å². The van der Waals surface area contributed by atoms with Gasteiger partial charge in [0.25, 0.3) is 23.3 Å². The summed E-state index contributed by atoms with van der Waals surface area (Å²) in [5.41, 5.74) is 1.19. The molecule has 17 heteroatoms. The number of imide groups is 2. The Hall–Kier alpha value is -6.03. The van der Waals surface area contributed by atoms with Gasteiger partial charge in [-0.25, -0.2) is 4.98 Å². The summed E-state index contributed by atoms with van der Waals surface area (Å²) in [4.78, 5) is 87.5. The van der Waals surface area contributed by atoms with E-state index in [0.717, 1.165) is 17.7 Å². The fourth-order valence-corrected chi connectivity index (χ4v) is 6.92. The van der Waals surface area contributed by atoms with Crippen LogP contribution in [-0.4, -0.2) is 88.4 Å². The largest absolute Gasteiger partial charge is 0.492 e. The predicted octanol–water partition coefficient (Wildman–Crippen LogP) is 2.55. The van der Waals surface area contributed by atoms with Crippen molar-refractivity contribution in [2.24, 2.45) is 13.0 Å². The molecule has 2 atom stereocenters. The van der Waals surface area contributed by atoms with Crippen molar-refractivity contribution in [2.45, 2.75) is 31.7 Å². The van der Waals surface area contributed by atoms with E-state index in [4.69, 9.17) is 26.1 Å². The lowest BCUT2D eigenvalue weighted by Gasteiger charge is -2.33. The number of likely N-dealkylation sites (N-methyl/N-ethyl adjacent to an activating group) is 1. The van der Waals surface area contributed by atoms with E-state index in [1.807, 2.05) is 11.0 Å². The number of piperidine rings is 2. The smallest absolute Gasteiger partial charge is 0.293 e. The molecule has 4 aromatic rings. The molecule has 16 nitrogen and oxygen atoms in total. The first kappa shape index (κ1) is 35.4. The van der Waals surface area contributed by atoms with E-state index in [9.17, 15) is 28.8 Å². The number of aryl methyl sites for hydroxylation is 1. The summed E-state index contributed by atoms with van der Waals surface area (Å²) >= 11 is 6.53. The number of aromatic nitrogens is 3. The molecule has 3 aliphatic rings. The van der Waals surface area contributed by atoms with Crippen LogP contribution in [-0.2, 0) is 21.4 Å². The molecule has 2 aromatic carbocycles. The highest BCUT2D eigenvalue weighted by Gasteiger charge is 2.46. The molecular formula is C36H35ClN8O8. The van der Waals surface area contributed by atoms with Crippen LogP contribution in [0.2, 0.25) is 5.02 Å². The second-order valence-corrected chi connectivity index (χ2v) is 13.4. The van der Waals surface area contributed by atoms with Gasteiger partial charge in [0, 0.05) is 50.6 Å². The van der Waals surface area contributed by atoms with Gasteiger partial charge in [0.2, 0.25) is 17.8 Å². The Kier molecular flexibility index (Phi) is 9.70. The fourth-order valence-electron chi connectivity index (χ4n) is 6.78. The number of benzene rings is 2. The van der Waals surface area contributed by atoms with Gasteiger partial charge in [0.05, 0.1) is 29.4 Å². The van der Waals surface area contributed by atoms with Crippen LogP contribution in [0.4, 0.5) is 17.5 Å². The van der Waals surface area contributed by atoms with Gasteiger partial charge in [-0.05, 0) is 55.7 Å². The summed E-state index contributed by atoms with van der Waals surface area (Å²) in [6.45, 7) is 1.20. The SMILES string of the molecule is CNC(=O)COc1cc2cc(Nc3nc(N4CCC[C@H](COc5cccc6c5C(=O)N(C5CCC(=O)NC5=O)C6=O)C4)ncc3Cl)ccc2n(C)c1=O. The summed E-state index contributed by atoms with van der Waals surface area (Å²) < 4.78 is 13.1. The lowest BCUT2D eigenvalue weighted by atomic mass is 9.99. The number of fused-ring (bicyclic) bond motifs is 2. The van der Waals surface area contributed by atoms with E-state index < -0.39 is 29.7 Å². The van der Waals surface area contributed by atoms with Crippen molar-refractivity contribution in [3.63, 3.8) is 0 Å². The van der Waals surface area contributed by atoms with Gasteiger partial charge in [0.1, 0.15) is 16.8 Å². The summed E-state index contributed by atoms with van der Waals surface area (Å²) in [6, 6.07) is 10.7. The summed E-state index contributed by atoms with van der Waals surface area (Å²) in [6.07, 6.45) is 3.28. The molecule has 2 aromatic heterocycles. The van der Waals surface area contributed by atoms with Crippen molar-refractivity contribution in [3.05, 3.63) is 75.2 Å². The number of nitrogens with zero attached hydrogens (tertiary/aromatic N) is 5. The molecule has 53 heavy (non-hydrogen) atoms. The number of ether oxygens (including phenoxy) is 2. The molecule has 3 aliphatic heterocycles. The second kappa shape index (κ2) is 14.5. The molecule has 0 aliphatic carbocycles. The molecule has 274 valence electrons. The van der Waals surface area contributed by atoms with Crippen molar-refractivity contribution < 1.29 is 33.4 Å². The maximum atomic E-state index is 13.5. The molecule has 7 rings (SSSR count). The highest BCUT2D eigenvalue weighted by Crippen LogP contribution is 2.35. The number of hydrogen-bond donors (Lipinski definition) is 3. The molecule has 2 saturated heterocycles. The third-order valence-electron chi connectivity index (χ3n) is 9.53. The topological polar surface area (TPSA) is 194 Å². The maximum Gasteiger partial charge on any atom is 0.293 e. The number of carbonyl (C=O) groups excluding carboxylic acids is 5. The van der Waals surface area contributed by atoms with E-state index in [0.29, 0.717) is 46.5 Å². The highest BCUT2D eigenvalue weighted by atomic mass is 35.5. The van der Waals surface area contributed by atoms with Crippen LogP contribution in [0.1, 0.15) is 46.4 Å². The normalized spacial score (nSPS) is 18.5. The fraction of sp³-hybridized carbons (Fsp3) is 0.333.